The monoisotopic (exact) mass is 421 g/mol. The van der Waals surface area contributed by atoms with Gasteiger partial charge in [0.05, 0.1) is 30.4 Å². The highest BCUT2D eigenvalue weighted by Crippen LogP contribution is 2.63. The number of carbonyl (C=O) groups excluding carboxylic acids is 1. The lowest BCUT2D eigenvalue weighted by Crippen LogP contribution is -2.62. The lowest BCUT2D eigenvalue weighted by molar-refractivity contribution is -0.168. The Morgan fingerprint density at radius 1 is 1.16 bits per heavy atom. The summed E-state index contributed by atoms with van der Waals surface area (Å²) in [6.45, 7) is 5.76. The number of imidazole rings is 1. The molecule has 0 unspecified atom stereocenters. The van der Waals surface area contributed by atoms with Crippen molar-refractivity contribution in [3.63, 3.8) is 0 Å². The predicted octanol–water partition coefficient (Wildman–Crippen LogP) is 4.38. The van der Waals surface area contributed by atoms with Crippen molar-refractivity contribution in [1.82, 2.24) is 14.5 Å². The quantitative estimate of drug-likeness (QED) is 0.742. The lowest BCUT2D eigenvalue weighted by atomic mass is 9.51. The number of nitrogens with zero attached hydrogens (tertiary/aromatic N) is 3. The second kappa shape index (κ2) is 6.35. The minimum absolute atomic E-state index is 0.0761. The number of amides is 1. The molecule has 2 saturated heterocycles. The molecule has 31 heavy (non-hydrogen) atoms. The van der Waals surface area contributed by atoms with Crippen molar-refractivity contribution in [3.05, 3.63) is 42.4 Å². The van der Waals surface area contributed by atoms with E-state index in [0.29, 0.717) is 0 Å². The molecule has 6 nitrogen and oxygen atoms in total. The van der Waals surface area contributed by atoms with E-state index in [-0.39, 0.29) is 41.7 Å². The molecule has 4 heterocycles. The molecular formula is C25H31N3O3. The standard InChI is InChI=1S/C25H31N3O3/c1-24(2,3)31-23(30)28-15-8-9-16(28)11-25(10-15)12-19(22(25)29)21-18-7-5-4-6-17(18)20-13-26-14-27(20)21/h4-7,13-16,19,21-22,29H,8-12H2,1-3H3/t15-,16+,19-,21+,22+,25+/m1/s1. The molecule has 1 saturated carbocycles. The maximum atomic E-state index is 12.8. The number of piperidine rings is 1. The van der Waals surface area contributed by atoms with Gasteiger partial charge in [0.25, 0.3) is 0 Å². The third-order valence-electron chi connectivity index (χ3n) is 8.11. The van der Waals surface area contributed by atoms with Crippen LogP contribution in [-0.4, -0.2) is 49.4 Å². The number of aliphatic hydroxyl groups excluding tert-OH is 1. The van der Waals surface area contributed by atoms with E-state index in [2.05, 4.69) is 33.8 Å². The van der Waals surface area contributed by atoms with Crippen molar-refractivity contribution in [2.24, 2.45) is 11.3 Å². The van der Waals surface area contributed by atoms with Crippen molar-refractivity contribution < 1.29 is 14.6 Å². The van der Waals surface area contributed by atoms with Crippen molar-refractivity contribution in [2.45, 2.75) is 82.7 Å². The molecule has 1 spiro atoms. The predicted molar refractivity (Wildman–Crippen MR) is 116 cm³/mol. The van der Waals surface area contributed by atoms with Gasteiger partial charge in [0, 0.05) is 29.0 Å². The van der Waals surface area contributed by atoms with Gasteiger partial charge in [-0.3, -0.25) is 0 Å². The Morgan fingerprint density at radius 2 is 1.87 bits per heavy atom. The van der Waals surface area contributed by atoms with Gasteiger partial charge in [-0.05, 0) is 58.4 Å². The third-order valence-corrected chi connectivity index (χ3v) is 8.11. The van der Waals surface area contributed by atoms with Gasteiger partial charge in [0.15, 0.2) is 0 Å². The highest BCUT2D eigenvalue weighted by Gasteiger charge is 2.63. The van der Waals surface area contributed by atoms with Crippen LogP contribution in [0.3, 0.4) is 0 Å². The molecule has 6 rings (SSSR count). The van der Waals surface area contributed by atoms with Crippen LogP contribution in [0.1, 0.15) is 64.5 Å². The van der Waals surface area contributed by atoms with Crippen LogP contribution in [-0.2, 0) is 4.74 Å². The summed E-state index contributed by atoms with van der Waals surface area (Å²) in [5.74, 6) is 0.184. The van der Waals surface area contributed by atoms with E-state index in [9.17, 15) is 9.90 Å². The summed E-state index contributed by atoms with van der Waals surface area (Å²) in [5.41, 5.74) is 3.12. The number of hydrogen-bond acceptors (Lipinski definition) is 4. The SMILES string of the molecule is CC(C)(C)OC(=O)N1[C@@H]2CC[C@H]1C[C@]1(C[C@H]([C@@H]3c4ccccc4-c4cncn43)[C@@H]1O)C2. The zero-order valence-corrected chi connectivity index (χ0v) is 18.5. The number of hydrogen-bond donors (Lipinski definition) is 1. The topological polar surface area (TPSA) is 67.6 Å². The first kappa shape index (κ1) is 19.4. The van der Waals surface area contributed by atoms with E-state index >= 15 is 0 Å². The fourth-order valence-electron chi connectivity index (χ4n) is 6.99. The Labute approximate surface area is 183 Å². The summed E-state index contributed by atoms with van der Waals surface area (Å²) >= 11 is 0. The van der Waals surface area contributed by atoms with Crippen LogP contribution in [0.15, 0.2) is 36.8 Å². The minimum Gasteiger partial charge on any atom is -0.444 e. The first-order valence-corrected chi connectivity index (χ1v) is 11.6. The van der Waals surface area contributed by atoms with E-state index in [1.165, 1.54) is 11.1 Å². The molecule has 1 aromatic carbocycles. The maximum Gasteiger partial charge on any atom is 0.410 e. The van der Waals surface area contributed by atoms with Gasteiger partial charge in [0.2, 0.25) is 0 Å². The average Bonchev–Trinajstić information content (AvgIpc) is 3.37. The molecule has 1 aromatic heterocycles. The molecule has 1 N–H and O–H groups in total. The van der Waals surface area contributed by atoms with Crippen LogP contribution in [0.5, 0.6) is 0 Å². The van der Waals surface area contributed by atoms with Gasteiger partial charge in [-0.1, -0.05) is 24.3 Å². The summed E-state index contributed by atoms with van der Waals surface area (Å²) in [6.07, 6.45) is 8.08. The molecule has 1 aliphatic carbocycles. The van der Waals surface area contributed by atoms with Gasteiger partial charge in [0.1, 0.15) is 5.60 Å². The Bertz CT molecular complexity index is 1020. The molecule has 4 aliphatic rings. The van der Waals surface area contributed by atoms with Gasteiger partial charge in [-0.2, -0.15) is 0 Å². The molecule has 6 heteroatoms. The normalized spacial score (nSPS) is 35.6. The summed E-state index contributed by atoms with van der Waals surface area (Å²) in [5, 5.41) is 11.5. The molecule has 6 atom stereocenters. The van der Waals surface area contributed by atoms with E-state index < -0.39 is 5.60 Å². The Balaban J connectivity index is 1.23. The lowest BCUT2D eigenvalue weighted by Gasteiger charge is -2.59. The van der Waals surface area contributed by atoms with Crippen molar-refractivity contribution in [1.29, 1.82) is 0 Å². The summed E-state index contributed by atoms with van der Waals surface area (Å²) < 4.78 is 7.94. The van der Waals surface area contributed by atoms with Crippen LogP contribution in [0.2, 0.25) is 0 Å². The average molecular weight is 422 g/mol. The van der Waals surface area contributed by atoms with Gasteiger partial charge < -0.3 is 19.3 Å². The van der Waals surface area contributed by atoms with Gasteiger partial charge in [-0.15, -0.1) is 0 Å². The summed E-state index contributed by atoms with van der Waals surface area (Å²) in [4.78, 5) is 19.2. The molecular weight excluding hydrogens is 390 g/mol. The maximum absolute atomic E-state index is 12.8. The zero-order valence-electron chi connectivity index (χ0n) is 18.5. The Morgan fingerprint density at radius 3 is 2.55 bits per heavy atom. The molecule has 3 fully saturated rings. The fraction of sp³-hybridized carbons (Fsp3) is 0.600. The van der Waals surface area contributed by atoms with Crippen molar-refractivity contribution in [2.75, 3.05) is 0 Å². The number of rotatable bonds is 1. The van der Waals surface area contributed by atoms with E-state index in [0.717, 1.165) is 37.8 Å². The van der Waals surface area contributed by atoms with Crippen LogP contribution in [0, 0.1) is 11.3 Å². The Hall–Kier alpha value is -2.34. The zero-order chi connectivity index (χ0) is 21.5. The highest BCUT2D eigenvalue weighted by atomic mass is 16.6. The second-order valence-corrected chi connectivity index (χ2v) is 11.1. The Kier molecular flexibility index (Phi) is 3.96. The van der Waals surface area contributed by atoms with Crippen molar-refractivity contribution >= 4 is 6.09 Å². The molecule has 2 bridgehead atoms. The number of aliphatic hydroxyl groups is 1. The molecule has 2 aromatic rings. The van der Waals surface area contributed by atoms with Crippen LogP contribution in [0.4, 0.5) is 4.79 Å². The molecule has 164 valence electrons. The smallest absolute Gasteiger partial charge is 0.410 e. The van der Waals surface area contributed by atoms with E-state index in [4.69, 9.17) is 4.74 Å². The van der Waals surface area contributed by atoms with E-state index in [1.807, 2.05) is 38.2 Å². The number of aromatic nitrogens is 2. The van der Waals surface area contributed by atoms with E-state index in [1.54, 1.807) is 0 Å². The van der Waals surface area contributed by atoms with Gasteiger partial charge in [-0.25, -0.2) is 9.78 Å². The first-order chi connectivity index (χ1) is 14.8. The summed E-state index contributed by atoms with van der Waals surface area (Å²) in [6, 6.07) is 9.03. The number of benzene rings is 1. The number of fused-ring (bicyclic) bond motifs is 5. The first-order valence-electron chi connectivity index (χ1n) is 11.6. The van der Waals surface area contributed by atoms with Crippen LogP contribution < -0.4 is 0 Å². The molecule has 0 radical (unpaired) electrons. The number of ether oxygens (including phenoxy) is 1. The van der Waals surface area contributed by atoms with Crippen LogP contribution >= 0.6 is 0 Å². The third kappa shape index (κ3) is 2.73. The minimum atomic E-state index is -0.481. The number of carbonyl (C=O) groups is 1. The summed E-state index contributed by atoms with van der Waals surface area (Å²) in [7, 11) is 0. The molecule has 3 aliphatic heterocycles. The van der Waals surface area contributed by atoms with Crippen LogP contribution in [0.25, 0.3) is 11.3 Å². The largest absolute Gasteiger partial charge is 0.444 e. The second-order valence-electron chi connectivity index (χ2n) is 11.1. The fourth-order valence-corrected chi connectivity index (χ4v) is 6.99. The highest BCUT2D eigenvalue weighted by molar-refractivity contribution is 5.70. The van der Waals surface area contributed by atoms with Crippen molar-refractivity contribution in [3.8, 4) is 11.3 Å². The van der Waals surface area contributed by atoms with Gasteiger partial charge >= 0.3 is 6.09 Å². The molecule has 1 amide bonds.